The molecule has 0 radical (unpaired) electrons. The lowest BCUT2D eigenvalue weighted by Gasteiger charge is -2.30. The Morgan fingerprint density at radius 3 is 2.52 bits per heavy atom. The molecule has 16 nitrogen and oxygen atoms in total. The van der Waals surface area contributed by atoms with Gasteiger partial charge in [0.25, 0.3) is 0 Å². The molecule has 256 valence electrons. The van der Waals surface area contributed by atoms with Gasteiger partial charge < -0.3 is 29.2 Å². The molecule has 3 aromatic rings. The molecule has 1 aromatic carbocycles. The number of aromatic nitrogens is 3. The first kappa shape index (κ1) is 34.8. The van der Waals surface area contributed by atoms with Gasteiger partial charge in [-0.3, -0.25) is 18.9 Å². The molecule has 0 spiro atoms. The monoisotopic (exact) mass is 684 g/mol. The Bertz CT molecular complexity index is 1730. The van der Waals surface area contributed by atoms with Gasteiger partial charge in [-0.1, -0.05) is 32.0 Å². The standard InChI is InChI=1S/C31H37N6O10P/c1-4-24(38)44-27-26(22-13-14-23-29(33)34-18-35-37(22)23)46-31(16-32,28(27)45-25(39)5-2)17-43-48(41,47-21-9-7-6-8-10-21)36-19(3)30(40)42-15-20-11-12-20/h6-10,13-14,18-20,26-28H,4-5,11-12,15,17H2,1-3H3,(H,36,41)(H2,33,34,35)/t19?,26-,27+,28-,31+,48?/m0/s1. The number of fused-ring (bicyclic) bond motifs is 1. The summed E-state index contributed by atoms with van der Waals surface area (Å²) in [6.45, 7) is 3.95. The molecule has 2 unspecified atom stereocenters. The van der Waals surface area contributed by atoms with Crippen molar-refractivity contribution in [2.75, 3.05) is 18.9 Å². The highest BCUT2D eigenvalue weighted by atomic mass is 31.2. The molecule has 3 N–H and O–H groups in total. The van der Waals surface area contributed by atoms with E-state index in [0.29, 0.717) is 11.4 Å². The number of ether oxygens (including phenoxy) is 4. The number of para-hydroxylation sites is 1. The molecule has 6 atom stereocenters. The lowest BCUT2D eigenvalue weighted by atomic mass is 9.95. The van der Waals surface area contributed by atoms with Crippen LogP contribution in [-0.4, -0.2) is 69.6 Å². The zero-order valence-electron chi connectivity index (χ0n) is 26.6. The van der Waals surface area contributed by atoms with Crippen LogP contribution in [0.5, 0.6) is 5.75 Å². The maximum Gasteiger partial charge on any atom is 0.459 e. The number of nitrogen functional groups attached to an aromatic ring is 1. The van der Waals surface area contributed by atoms with E-state index in [2.05, 4.69) is 15.2 Å². The molecule has 48 heavy (non-hydrogen) atoms. The van der Waals surface area contributed by atoms with Crippen molar-refractivity contribution in [2.24, 2.45) is 5.92 Å². The van der Waals surface area contributed by atoms with Crippen LogP contribution >= 0.6 is 7.75 Å². The molecule has 2 fully saturated rings. The Labute approximate surface area is 276 Å². The van der Waals surface area contributed by atoms with Crippen LogP contribution in [-0.2, 0) is 42.4 Å². The van der Waals surface area contributed by atoms with E-state index in [9.17, 15) is 24.2 Å². The van der Waals surface area contributed by atoms with Gasteiger partial charge in [0.15, 0.2) is 18.0 Å². The highest BCUT2D eigenvalue weighted by Crippen LogP contribution is 2.50. The summed E-state index contributed by atoms with van der Waals surface area (Å²) in [6.07, 6.45) is -1.22. The summed E-state index contributed by atoms with van der Waals surface area (Å²) < 4.78 is 50.4. The second-order valence-corrected chi connectivity index (χ2v) is 13.1. The molecule has 1 aliphatic carbocycles. The summed E-state index contributed by atoms with van der Waals surface area (Å²) in [5, 5.41) is 17.5. The number of carbonyl (C=O) groups excluding carboxylic acids is 3. The number of hydrogen-bond donors (Lipinski definition) is 2. The Morgan fingerprint density at radius 2 is 1.85 bits per heavy atom. The molecular formula is C31H37N6O10P. The summed E-state index contributed by atoms with van der Waals surface area (Å²) in [5.74, 6) is -1.52. The van der Waals surface area contributed by atoms with Crippen molar-refractivity contribution in [1.82, 2.24) is 19.7 Å². The van der Waals surface area contributed by atoms with E-state index in [1.54, 1.807) is 44.2 Å². The highest BCUT2D eigenvalue weighted by Gasteiger charge is 2.62. The van der Waals surface area contributed by atoms with Gasteiger partial charge >= 0.3 is 25.7 Å². The van der Waals surface area contributed by atoms with Gasteiger partial charge in [-0.15, -0.1) is 0 Å². The van der Waals surface area contributed by atoms with E-state index in [4.69, 9.17) is 33.7 Å². The van der Waals surface area contributed by atoms with E-state index < -0.39 is 62.2 Å². The smallest absolute Gasteiger partial charge is 0.459 e. The summed E-state index contributed by atoms with van der Waals surface area (Å²) in [4.78, 5) is 42.2. The van der Waals surface area contributed by atoms with Crippen molar-refractivity contribution in [3.05, 3.63) is 54.5 Å². The van der Waals surface area contributed by atoms with Gasteiger partial charge in [0.2, 0.25) is 5.60 Å². The average Bonchev–Trinajstić information content (AvgIpc) is 3.74. The van der Waals surface area contributed by atoms with Crippen LogP contribution in [0.15, 0.2) is 48.8 Å². The van der Waals surface area contributed by atoms with Crippen LogP contribution in [0.3, 0.4) is 0 Å². The number of esters is 3. The summed E-state index contributed by atoms with van der Waals surface area (Å²) >= 11 is 0. The fraction of sp³-hybridized carbons (Fsp3) is 0.484. The van der Waals surface area contributed by atoms with Crippen molar-refractivity contribution in [2.45, 2.75) is 76.4 Å². The topological polar surface area (TPSA) is 216 Å². The Kier molecular flexibility index (Phi) is 10.6. The first-order valence-corrected chi connectivity index (χ1v) is 17.1. The van der Waals surface area contributed by atoms with Crippen LogP contribution in [0, 0.1) is 17.2 Å². The molecule has 1 saturated carbocycles. The van der Waals surface area contributed by atoms with Gasteiger partial charge in [-0.05, 0) is 49.9 Å². The van der Waals surface area contributed by atoms with Crippen molar-refractivity contribution >= 4 is 37.0 Å². The van der Waals surface area contributed by atoms with Crippen molar-refractivity contribution in [1.29, 1.82) is 5.26 Å². The highest BCUT2D eigenvalue weighted by molar-refractivity contribution is 7.52. The van der Waals surface area contributed by atoms with Gasteiger partial charge in [0.1, 0.15) is 42.4 Å². The number of nitrogens with zero attached hydrogens (tertiary/aromatic N) is 4. The molecule has 1 saturated heterocycles. The minimum absolute atomic E-state index is 0.0451. The Hall–Kier alpha value is -4.55. The number of hydrogen-bond acceptors (Lipinski definition) is 14. The van der Waals surface area contributed by atoms with Crippen LogP contribution in [0.2, 0.25) is 0 Å². The number of benzene rings is 1. The second kappa shape index (κ2) is 14.7. The second-order valence-electron chi connectivity index (χ2n) is 11.4. The lowest BCUT2D eigenvalue weighted by Crippen LogP contribution is -2.49. The molecular weight excluding hydrogens is 647 g/mol. The number of nitrogens with one attached hydrogen (secondary N) is 1. The van der Waals surface area contributed by atoms with E-state index in [1.807, 2.05) is 6.07 Å². The zero-order valence-corrected chi connectivity index (χ0v) is 27.5. The molecule has 17 heteroatoms. The average molecular weight is 685 g/mol. The lowest BCUT2D eigenvalue weighted by molar-refractivity contribution is -0.169. The van der Waals surface area contributed by atoms with Crippen molar-refractivity contribution in [3.63, 3.8) is 0 Å². The predicted octanol–water partition coefficient (Wildman–Crippen LogP) is 3.42. The predicted molar refractivity (Wildman–Crippen MR) is 167 cm³/mol. The van der Waals surface area contributed by atoms with E-state index >= 15 is 0 Å². The number of nitriles is 1. The van der Waals surface area contributed by atoms with Crippen LogP contribution in [0.1, 0.15) is 58.3 Å². The van der Waals surface area contributed by atoms with Gasteiger partial charge in [-0.25, -0.2) is 14.1 Å². The molecule has 0 bridgehead atoms. The minimum Gasteiger partial charge on any atom is -0.464 e. The van der Waals surface area contributed by atoms with Crippen LogP contribution in [0.25, 0.3) is 5.52 Å². The van der Waals surface area contributed by atoms with E-state index in [-0.39, 0.29) is 36.7 Å². The third-order valence-electron chi connectivity index (χ3n) is 7.77. The molecule has 1 aliphatic heterocycles. The zero-order chi connectivity index (χ0) is 34.5. The Morgan fingerprint density at radius 1 is 1.15 bits per heavy atom. The third-order valence-corrected chi connectivity index (χ3v) is 9.39. The SMILES string of the molecule is CCC(=O)O[C@@H]1[C@H](c2ccc3c(N)ncnn23)O[C@](C#N)(COP(=O)(NC(C)C(=O)OCC2CC2)Oc2ccccc2)[C@H]1OC(=O)CC. The summed E-state index contributed by atoms with van der Waals surface area (Å²) in [5.41, 5.74) is 4.50. The summed E-state index contributed by atoms with van der Waals surface area (Å²) in [6, 6.07) is 12.1. The normalized spacial score (nSPS) is 23.8. The first-order chi connectivity index (χ1) is 23.0. The molecule has 2 aromatic heterocycles. The molecule has 0 amide bonds. The van der Waals surface area contributed by atoms with Gasteiger partial charge in [0.05, 0.1) is 12.3 Å². The largest absolute Gasteiger partial charge is 0.464 e. The van der Waals surface area contributed by atoms with Crippen molar-refractivity contribution < 1.29 is 46.9 Å². The fourth-order valence-electron chi connectivity index (χ4n) is 4.98. The van der Waals surface area contributed by atoms with Gasteiger partial charge in [-0.2, -0.15) is 15.4 Å². The van der Waals surface area contributed by atoms with Crippen molar-refractivity contribution in [3.8, 4) is 11.8 Å². The molecule has 2 aliphatic rings. The number of carbonyl (C=O) groups is 3. The van der Waals surface area contributed by atoms with Gasteiger partial charge in [0, 0.05) is 12.8 Å². The quantitative estimate of drug-likeness (QED) is 0.133. The number of rotatable bonds is 15. The minimum atomic E-state index is -4.51. The Balaban J connectivity index is 1.50. The number of anilines is 1. The maximum absolute atomic E-state index is 14.3. The third kappa shape index (κ3) is 7.77. The number of nitrogens with two attached hydrogens (primary N) is 1. The van der Waals surface area contributed by atoms with Crippen LogP contribution in [0.4, 0.5) is 5.82 Å². The summed E-state index contributed by atoms with van der Waals surface area (Å²) in [7, 11) is -4.51. The molecule has 5 rings (SSSR count). The first-order valence-electron chi connectivity index (χ1n) is 15.5. The molecule has 3 heterocycles. The van der Waals surface area contributed by atoms with E-state index in [1.165, 1.54) is 29.9 Å². The maximum atomic E-state index is 14.3. The fourth-order valence-corrected chi connectivity index (χ4v) is 6.50. The van der Waals surface area contributed by atoms with Crippen LogP contribution < -0.4 is 15.3 Å². The van der Waals surface area contributed by atoms with E-state index in [0.717, 1.165) is 12.8 Å².